The van der Waals surface area contributed by atoms with E-state index in [0.717, 1.165) is 5.56 Å². The molecule has 0 atom stereocenters. The van der Waals surface area contributed by atoms with Crippen LogP contribution in [0.15, 0.2) is 24.3 Å². The van der Waals surface area contributed by atoms with Gasteiger partial charge in [0.2, 0.25) is 0 Å². The van der Waals surface area contributed by atoms with Crippen molar-refractivity contribution in [3.8, 4) is 0 Å². The van der Waals surface area contributed by atoms with Crippen LogP contribution in [-0.4, -0.2) is 34.3 Å². The van der Waals surface area contributed by atoms with Crippen molar-refractivity contribution in [2.45, 2.75) is 39.8 Å². The van der Waals surface area contributed by atoms with Gasteiger partial charge in [0.05, 0.1) is 30.3 Å². The first-order chi connectivity index (χ1) is 12.3. The van der Waals surface area contributed by atoms with Gasteiger partial charge in [-0.25, -0.2) is 4.68 Å². The lowest BCUT2D eigenvalue weighted by atomic mass is 10.2. The van der Waals surface area contributed by atoms with Gasteiger partial charge in [0, 0.05) is 11.6 Å². The number of carbonyl (C=O) groups excluding carboxylic acids is 2. The molecule has 140 valence electrons. The summed E-state index contributed by atoms with van der Waals surface area (Å²) in [4.78, 5) is 23.9. The molecule has 0 bridgehead atoms. The predicted octanol–water partition coefficient (Wildman–Crippen LogP) is 3.62. The van der Waals surface area contributed by atoms with Gasteiger partial charge in [0.15, 0.2) is 0 Å². The van der Waals surface area contributed by atoms with Crippen LogP contribution >= 0.6 is 23.2 Å². The highest BCUT2D eigenvalue weighted by Crippen LogP contribution is 2.23. The molecule has 2 aromatic rings. The number of hydrogen-bond acceptors (Lipinski definition) is 4. The quantitative estimate of drug-likeness (QED) is 0.724. The van der Waals surface area contributed by atoms with Crippen molar-refractivity contribution in [1.29, 1.82) is 0 Å². The topological polar surface area (TPSA) is 73.2 Å². The van der Waals surface area contributed by atoms with Gasteiger partial charge in [0.25, 0.3) is 5.91 Å². The molecular formula is C18H21Cl2N3O3. The molecule has 0 unspecified atom stereocenters. The molecule has 8 heteroatoms. The predicted molar refractivity (Wildman–Crippen MR) is 101 cm³/mol. The van der Waals surface area contributed by atoms with Gasteiger partial charge in [-0.2, -0.15) is 5.10 Å². The summed E-state index contributed by atoms with van der Waals surface area (Å²) in [6, 6.07) is 7.36. The summed E-state index contributed by atoms with van der Waals surface area (Å²) in [6.45, 7) is 5.76. The highest BCUT2D eigenvalue weighted by molar-refractivity contribution is 6.33. The molecule has 0 saturated carbocycles. The van der Waals surface area contributed by atoms with Crippen LogP contribution < -0.4 is 5.32 Å². The molecule has 0 fully saturated rings. The van der Waals surface area contributed by atoms with E-state index in [4.69, 9.17) is 27.9 Å². The molecule has 1 aromatic heterocycles. The number of hydrogen-bond donors (Lipinski definition) is 1. The molecule has 0 aliphatic carbocycles. The van der Waals surface area contributed by atoms with Gasteiger partial charge in [-0.3, -0.25) is 9.59 Å². The Morgan fingerprint density at radius 3 is 2.62 bits per heavy atom. The van der Waals surface area contributed by atoms with E-state index in [0.29, 0.717) is 17.3 Å². The molecule has 2 rings (SSSR count). The van der Waals surface area contributed by atoms with Gasteiger partial charge < -0.3 is 10.1 Å². The number of ether oxygens (including phenoxy) is 1. The first-order valence-electron chi connectivity index (χ1n) is 8.23. The van der Waals surface area contributed by atoms with E-state index in [1.165, 1.54) is 4.68 Å². The molecule has 1 aromatic carbocycles. The molecule has 0 aliphatic rings. The monoisotopic (exact) mass is 397 g/mol. The normalized spacial score (nSPS) is 10.8. The fraction of sp³-hybridized carbons (Fsp3) is 0.389. The maximum absolute atomic E-state index is 12.4. The minimum Gasteiger partial charge on any atom is -0.463 e. The van der Waals surface area contributed by atoms with Crippen molar-refractivity contribution in [2.24, 2.45) is 0 Å². The van der Waals surface area contributed by atoms with Gasteiger partial charge in [-0.1, -0.05) is 41.4 Å². The summed E-state index contributed by atoms with van der Waals surface area (Å²) in [6.07, 6.45) is -0.0909. The first kappa shape index (κ1) is 20.3. The van der Waals surface area contributed by atoms with Crippen LogP contribution in [-0.2, 0) is 16.1 Å². The SMILES string of the molecule is Cc1nn(Cc2ccccc2Cl)c(Cl)c1C(=O)NCCC(=O)OC(C)C. The van der Waals surface area contributed by atoms with E-state index in [1.54, 1.807) is 26.8 Å². The minimum atomic E-state index is -0.379. The third kappa shape index (κ3) is 5.22. The van der Waals surface area contributed by atoms with Crippen molar-refractivity contribution in [3.05, 3.63) is 51.3 Å². The molecule has 0 radical (unpaired) electrons. The number of carbonyl (C=O) groups is 2. The van der Waals surface area contributed by atoms with Gasteiger partial charge in [-0.05, 0) is 32.4 Å². The molecule has 6 nitrogen and oxygen atoms in total. The van der Waals surface area contributed by atoms with Crippen molar-refractivity contribution in [1.82, 2.24) is 15.1 Å². The summed E-state index contributed by atoms with van der Waals surface area (Å²) in [5.74, 6) is -0.743. The Morgan fingerprint density at radius 1 is 1.27 bits per heavy atom. The highest BCUT2D eigenvalue weighted by Gasteiger charge is 2.21. The van der Waals surface area contributed by atoms with Gasteiger partial charge >= 0.3 is 5.97 Å². The number of nitrogens with one attached hydrogen (secondary N) is 1. The third-order valence-corrected chi connectivity index (χ3v) is 4.31. The van der Waals surface area contributed by atoms with Crippen molar-refractivity contribution in [2.75, 3.05) is 6.54 Å². The van der Waals surface area contributed by atoms with Gasteiger partial charge in [0.1, 0.15) is 5.15 Å². The van der Waals surface area contributed by atoms with Crippen molar-refractivity contribution >= 4 is 35.1 Å². The molecule has 1 amide bonds. The highest BCUT2D eigenvalue weighted by atomic mass is 35.5. The maximum atomic E-state index is 12.4. The van der Waals surface area contributed by atoms with Crippen LogP contribution in [0.2, 0.25) is 10.2 Å². The van der Waals surface area contributed by atoms with Crippen LogP contribution in [0.4, 0.5) is 0 Å². The molecule has 0 aliphatic heterocycles. The number of aryl methyl sites for hydroxylation is 1. The van der Waals surface area contributed by atoms with E-state index in [1.807, 2.05) is 18.2 Å². The fourth-order valence-electron chi connectivity index (χ4n) is 2.39. The molecule has 26 heavy (non-hydrogen) atoms. The van der Waals surface area contributed by atoms with E-state index < -0.39 is 0 Å². The van der Waals surface area contributed by atoms with E-state index in [2.05, 4.69) is 10.4 Å². The Hall–Kier alpha value is -2.05. The number of halogens is 2. The van der Waals surface area contributed by atoms with Crippen LogP contribution in [0.25, 0.3) is 0 Å². The number of amides is 1. The molecule has 1 N–H and O–H groups in total. The number of benzene rings is 1. The number of aromatic nitrogens is 2. The summed E-state index contributed by atoms with van der Waals surface area (Å²) in [5, 5.41) is 7.82. The Bertz CT molecular complexity index is 803. The number of esters is 1. The summed E-state index contributed by atoms with van der Waals surface area (Å²) in [7, 11) is 0. The summed E-state index contributed by atoms with van der Waals surface area (Å²) < 4.78 is 6.55. The van der Waals surface area contributed by atoms with Crippen LogP contribution in [0.5, 0.6) is 0 Å². The van der Waals surface area contributed by atoms with E-state index >= 15 is 0 Å². The zero-order valence-corrected chi connectivity index (χ0v) is 16.4. The van der Waals surface area contributed by atoms with Crippen LogP contribution in [0.1, 0.15) is 41.9 Å². The average molecular weight is 398 g/mol. The van der Waals surface area contributed by atoms with Crippen LogP contribution in [0, 0.1) is 6.92 Å². The molecule has 1 heterocycles. The number of nitrogens with zero attached hydrogens (tertiary/aromatic N) is 2. The molecule has 0 spiro atoms. The average Bonchev–Trinajstić information content (AvgIpc) is 2.82. The second kappa shape index (κ2) is 9.05. The molecule has 0 saturated heterocycles. The van der Waals surface area contributed by atoms with Crippen molar-refractivity contribution < 1.29 is 14.3 Å². The lowest BCUT2D eigenvalue weighted by Gasteiger charge is -2.09. The lowest BCUT2D eigenvalue weighted by molar-refractivity contribution is -0.147. The standard InChI is InChI=1S/C18H21Cl2N3O3/c1-11(2)26-15(24)8-9-21-18(25)16-12(3)22-23(17(16)20)10-13-6-4-5-7-14(13)19/h4-7,11H,8-10H2,1-3H3,(H,21,25). The van der Waals surface area contributed by atoms with E-state index in [9.17, 15) is 9.59 Å². The molecular weight excluding hydrogens is 377 g/mol. The van der Waals surface area contributed by atoms with Crippen molar-refractivity contribution in [3.63, 3.8) is 0 Å². The summed E-state index contributed by atoms with van der Waals surface area (Å²) >= 11 is 12.5. The zero-order chi connectivity index (χ0) is 19.3. The fourth-order valence-corrected chi connectivity index (χ4v) is 2.91. The smallest absolute Gasteiger partial charge is 0.307 e. The second-order valence-corrected chi connectivity index (χ2v) is 6.81. The zero-order valence-electron chi connectivity index (χ0n) is 14.9. The first-order valence-corrected chi connectivity index (χ1v) is 8.99. The van der Waals surface area contributed by atoms with Crippen LogP contribution in [0.3, 0.4) is 0 Å². The second-order valence-electron chi connectivity index (χ2n) is 6.04. The van der Waals surface area contributed by atoms with Gasteiger partial charge in [-0.15, -0.1) is 0 Å². The Labute approximate surface area is 162 Å². The third-order valence-electron chi connectivity index (χ3n) is 3.55. The van der Waals surface area contributed by atoms with E-state index in [-0.39, 0.29) is 41.7 Å². The Morgan fingerprint density at radius 2 is 1.96 bits per heavy atom. The maximum Gasteiger partial charge on any atom is 0.307 e. The Kier molecular flexibility index (Phi) is 7.06. The minimum absolute atomic E-state index is 0.0916. The Balaban J connectivity index is 2.03. The number of rotatable bonds is 7. The largest absolute Gasteiger partial charge is 0.463 e. The lowest BCUT2D eigenvalue weighted by Crippen LogP contribution is -2.27. The summed E-state index contributed by atoms with van der Waals surface area (Å²) in [5.41, 5.74) is 1.64.